The van der Waals surface area contributed by atoms with E-state index in [1.807, 2.05) is 11.8 Å². The van der Waals surface area contributed by atoms with Gasteiger partial charge in [0.2, 0.25) is 5.91 Å². The fourth-order valence-corrected chi connectivity index (χ4v) is 3.22. The second-order valence-electron chi connectivity index (χ2n) is 6.55. The number of carbonyl (C=O) groups is 2. The first-order chi connectivity index (χ1) is 10.4. The van der Waals surface area contributed by atoms with Crippen LogP contribution in [0.5, 0.6) is 0 Å². The summed E-state index contributed by atoms with van der Waals surface area (Å²) < 4.78 is 1.56. The van der Waals surface area contributed by atoms with Crippen molar-refractivity contribution in [2.45, 2.75) is 33.6 Å². The van der Waals surface area contributed by atoms with Gasteiger partial charge in [-0.3, -0.25) is 14.3 Å². The predicted molar refractivity (Wildman–Crippen MR) is 84.4 cm³/mol. The fourth-order valence-electron chi connectivity index (χ4n) is 3.22. The highest BCUT2D eigenvalue weighted by Gasteiger charge is 2.25. The van der Waals surface area contributed by atoms with E-state index in [0.29, 0.717) is 30.5 Å². The number of nitrogens with one attached hydrogen (secondary N) is 1. The molecule has 122 valence electrons. The summed E-state index contributed by atoms with van der Waals surface area (Å²) in [4.78, 5) is 26.2. The molecule has 1 aliphatic heterocycles. The van der Waals surface area contributed by atoms with Gasteiger partial charge in [-0.05, 0) is 31.2 Å². The molecule has 1 aromatic heterocycles. The number of likely N-dealkylation sites (tertiary alicyclic amines) is 1. The minimum Gasteiger partial charge on any atom is -0.350 e. The van der Waals surface area contributed by atoms with E-state index in [1.54, 1.807) is 17.8 Å². The first-order valence-corrected chi connectivity index (χ1v) is 7.93. The summed E-state index contributed by atoms with van der Waals surface area (Å²) >= 11 is 0. The highest BCUT2D eigenvalue weighted by Crippen LogP contribution is 2.21. The Bertz CT molecular complexity index is 542. The van der Waals surface area contributed by atoms with E-state index in [9.17, 15) is 9.59 Å². The minimum absolute atomic E-state index is 0.125. The van der Waals surface area contributed by atoms with E-state index < -0.39 is 0 Å². The lowest BCUT2D eigenvalue weighted by atomic mass is 9.92. The molecule has 1 saturated heterocycles. The number of rotatable bonds is 4. The van der Waals surface area contributed by atoms with Gasteiger partial charge in [0, 0.05) is 33.1 Å². The maximum absolute atomic E-state index is 12.2. The van der Waals surface area contributed by atoms with E-state index >= 15 is 0 Å². The van der Waals surface area contributed by atoms with Gasteiger partial charge in [-0.1, -0.05) is 13.8 Å². The van der Waals surface area contributed by atoms with Crippen LogP contribution >= 0.6 is 0 Å². The normalized spacial score (nSPS) is 21.7. The number of aryl methyl sites for hydroxylation is 2. The number of hydrogen-bond acceptors (Lipinski definition) is 3. The molecular formula is C16H26N4O2. The Kier molecular flexibility index (Phi) is 5.21. The van der Waals surface area contributed by atoms with Gasteiger partial charge in [-0.2, -0.15) is 5.10 Å². The number of nitrogens with zero attached hydrogens (tertiary/aromatic N) is 3. The zero-order chi connectivity index (χ0) is 16.3. The summed E-state index contributed by atoms with van der Waals surface area (Å²) in [6.45, 7) is 8.24. The van der Waals surface area contributed by atoms with Crippen LogP contribution in [-0.4, -0.2) is 46.1 Å². The summed E-state index contributed by atoms with van der Waals surface area (Å²) in [5, 5.41) is 6.94. The van der Waals surface area contributed by atoms with Gasteiger partial charge in [-0.15, -0.1) is 0 Å². The van der Waals surface area contributed by atoms with Crippen LogP contribution in [0.4, 0.5) is 0 Å². The van der Waals surface area contributed by atoms with Crippen LogP contribution in [0.2, 0.25) is 0 Å². The molecule has 0 aromatic carbocycles. The van der Waals surface area contributed by atoms with E-state index in [2.05, 4.69) is 24.3 Å². The highest BCUT2D eigenvalue weighted by molar-refractivity contribution is 5.92. The van der Waals surface area contributed by atoms with Gasteiger partial charge in [0.25, 0.3) is 5.91 Å². The number of piperidine rings is 1. The molecule has 0 bridgehead atoms. The summed E-state index contributed by atoms with van der Waals surface area (Å²) in [7, 11) is 1.74. The third-order valence-corrected chi connectivity index (χ3v) is 4.08. The first-order valence-electron chi connectivity index (χ1n) is 7.93. The summed E-state index contributed by atoms with van der Waals surface area (Å²) in [6.07, 6.45) is 1.53. The number of carbonyl (C=O) groups excluding carboxylic acids is 2. The zero-order valence-electron chi connectivity index (χ0n) is 13.9. The average molecular weight is 306 g/mol. The Labute approximate surface area is 131 Å². The second-order valence-corrected chi connectivity index (χ2v) is 6.55. The van der Waals surface area contributed by atoms with Crippen LogP contribution in [-0.2, 0) is 11.8 Å². The molecule has 1 N–H and O–H groups in total. The molecule has 2 amide bonds. The summed E-state index contributed by atoms with van der Waals surface area (Å²) in [6, 6.07) is 1.74. The number of hydrogen-bond donors (Lipinski definition) is 1. The highest BCUT2D eigenvalue weighted by atomic mass is 16.2. The van der Waals surface area contributed by atoms with Gasteiger partial charge >= 0.3 is 0 Å². The van der Waals surface area contributed by atoms with Gasteiger partial charge < -0.3 is 10.2 Å². The quantitative estimate of drug-likeness (QED) is 0.913. The van der Waals surface area contributed by atoms with Crippen molar-refractivity contribution in [1.82, 2.24) is 20.0 Å². The fraction of sp³-hybridized carbons (Fsp3) is 0.688. The van der Waals surface area contributed by atoms with Crippen LogP contribution < -0.4 is 5.32 Å². The van der Waals surface area contributed by atoms with E-state index in [0.717, 1.165) is 18.8 Å². The molecule has 1 aromatic rings. The van der Waals surface area contributed by atoms with Crippen LogP contribution in [0.15, 0.2) is 6.07 Å². The SMILES string of the molecule is Cc1cc(C(=O)NCCC(=O)N2C[C@H](C)C[C@H](C)C2)n(C)n1. The molecular weight excluding hydrogens is 280 g/mol. The molecule has 1 aliphatic rings. The lowest BCUT2D eigenvalue weighted by Crippen LogP contribution is -2.43. The topological polar surface area (TPSA) is 67.2 Å². The van der Waals surface area contributed by atoms with Gasteiger partial charge in [-0.25, -0.2) is 0 Å². The van der Waals surface area contributed by atoms with Crippen molar-refractivity contribution in [2.24, 2.45) is 18.9 Å². The lowest BCUT2D eigenvalue weighted by molar-refractivity contribution is -0.133. The van der Waals surface area contributed by atoms with E-state index in [4.69, 9.17) is 0 Å². The van der Waals surface area contributed by atoms with Gasteiger partial charge in [0.15, 0.2) is 0 Å². The van der Waals surface area contributed by atoms with E-state index in [-0.39, 0.29) is 11.8 Å². The molecule has 2 rings (SSSR count). The van der Waals surface area contributed by atoms with Crippen molar-refractivity contribution < 1.29 is 9.59 Å². The molecule has 6 heteroatoms. The second kappa shape index (κ2) is 6.94. The zero-order valence-corrected chi connectivity index (χ0v) is 13.9. The molecule has 22 heavy (non-hydrogen) atoms. The van der Waals surface area contributed by atoms with Crippen molar-refractivity contribution in [3.63, 3.8) is 0 Å². The Morgan fingerprint density at radius 2 is 1.95 bits per heavy atom. The van der Waals surface area contributed by atoms with Crippen LogP contribution in [0.3, 0.4) is 0 Å². The molecule has 6 nitrogen and oxygen atoms in total. The minimum atomic E-state index is -0.184. The van der Waals surface area contributed by atoms with Crippen molar-refractivity contribution in [3.8, 4) is 0 Å². The Hall–Kier alpha value is -1.85. The summed E-state index contributed by atoms with van der Waals surface area (Å²) in [5.74, 6) is 1.05. The Balaban J connectivity index is 1.79. The third-order valence-electron chi connectivity index (χ3n) is 4.08. The van der Waals surface area contributed by atoms with Crippen molar-refractivity contribution in [3.05, 3.63) is 17.5 Å². The number of aromatic nitrogens is 2. The Morgan fingerprint density at radius 3 is 2.50 bits per heavy atom. The van der Waals surface area contributed by atoms with Gasteiger partial charge in [0.1, 0.15) is 5.69 Å². The molecule has 2 heterocycles. The molecule has 2 atom stereocenters. The van der Waals surface area contributed by atoms with Crippen LogP contribution in [0, 0.1) is 18.8 Å². The number of amides is 2. The maximum atomic E-state index is 12.2. The van der Waals surface area contributed by atoms with Crippen LogP contribution in [0.25, 0.3) is 0 Å². The van der Waals surface area contributed by atoms with Gasteiger partial charge in [0.05, 0.1) is 5.69 Å². The molecule has 0 spiro atoms. The monoisotopic (exact) mass is 306 g/mol. The molecule has 0 aliphatic carbocycles. The first kappa shape index (κ1) is 16.5. The maximum Gasteiger partial charge on any atom is 0.269 e. The molecule has 0 saturated carbocycles. The van der Waals surface area contributed by atoms with E-state index in [1.165, 1.54) is 6.42 Å². The molecule has 0 radical (unpaired) electrons. The van der Waals surface area contributed by atoms with Crippen molar-refractivity contribution >= 4 is 11.8 Å². The smallest absolute Gasteiger partial charge is 0.269 e. The Morgan fingerprint density at radius 1 is 1.32 bits per heavy atom. The van der Waals surface area contributed by atoms with Crippen LogP contribution in [0.1, 0.15) is 42.9 Å². The lowest BCUT2D eigenvalue weighted by Gasteiger charge is -2.35. The molecule has 1 fully saturated rings. The average Bonchev–Trinajstić information content (AvgIpc) is 2.76. The van der Waals surface area contributed by atoms with Crippen molar-refractivity contribution in [1.29, 1.82) is 0 Å². The standard InChI is InChI=1S/C16H26N4O2/c1-11-7-12(2)10-20(9-11)15(21)5-6-17-16(22)14-8-13(3)18-19(14)4/h8,11-12H,5-7,9-10H2,1-4H3,(H,17,22)/t11-,12+. The third kappa shape index (κ3) is 4.08. The predicted octanol–water partition coefficient (Wildman–Crippen LogP) is 1.35. The largest absolute Gasteiger partial charge is 0.350 e. The van der Waals surface area contributed by atoms with Crippen molar-refractivity contribution in [2.75, 3.05) is 19.6 Å². The molecule has 0 unspecified atom stereocenters. The summed E-state index contributed by atoms with van der Waals surface area (Å²) in [5.41, 5.74) is 1.32.